The van der Waals surface area contributed by atoms with Crippen LogP contribution < -0.4 is 10.1 Å². The number of anilines is 1. The van der Waals surface area contributed by atoms with Gasteiger partial charge in [0.2, 0.25) is 0 Å². The number of benzene rings is 2. The summed E-state index contributed by atoms with van der Waals surface area (Å²) < 4.78 is 33.0. The minimum absolute atomic E-state index is 0.0227. The summed E-state index contributed by atoms with van der Waals surface area (Å²) >= 11 is 0. The van der Waals surface area contributed by atoms with Gasteiger partial charge in [0.25, 0.3) is 5.92 Å². The molecule has 2 N–H and O–H groups in total. The van der Waals surface area contributed by atoms with Crippen LogP contribution in [-0.4, -0.2) is 30.2 Å². The fraction of sp³-hybridized carbons (Fsp3) is 0.304. The van der Waals surface area contributed by atoms with Crippen molar-refractivity contribution in [2.45, 2.75) is 32.1 Å². The first kappa shape index (κ1) is 21.3. The van der Waals surface area contributed by atoms with Gasteiger partial charge in [-0.05, 0) is 24.1 Å². The van der Waals surface area contributed by atoms with Gasteiger partial charge in [-0.25, -0.2) is 13.6 Å². The fourth-order valence-electron chi connectivity index (χ4n) is 3.38. The van der Waals surface area contributed by atoms with E-state index in [2.05, 4.69) is 18.0 Å². The molecule has 0 aliphatic carbocycles. The molecule has 0 bridgehead atoms. The number of fused-ring (bicyclic) bond motifs is 1. The molecule has 0 radical (unpaired) electrons. The Hall–Kier alpha value is -3.40. The SMILES string of the molecule is C=C(CNc1cc(-c2ccc([C@@H](C)C(C)(F)F)cc2)c2c(c1C#N)CCO2)C(=O)O. The Morgan fingerprint density at radius 3 is 2.63 bits per heavy atom. The van der Waals surface area contributed by atoms with Crippen LogP contribution in [0.5, 0.6) is 5.75 Å². The molecule has 2 aromatic rings. The Bertz CT molecular complexity index is 1030. The van der Waals surface area contributed by atoms with Crippen LogP contribution in [0.3, 0.4) is 0 Å². The maximum absolute atomic E-state index is 13.6. The Morgan fingerprint density at radius 1 is 1.40 bits per heavy atom. The van der Waals surface area contributed by atoms with Crippen molar-refractivity contribution in [3.05, 3.63) is 59.2 Å². The average molecular weight is 412 g/mol. The van der Waals surface area contributed by atoms with Crippen molar-refractivity contribution in [2.24, 2.45) is 0 Å². The summed E-state index contributed by atoms with van der Waals surface area (Å²) in [6.45, 7) is 6.28. The van der Waals surface area contributed by atoms with Crippen LogP contribution in [0.4, 0.5) is 14.5 Å². The van der Waals surface area contributed by atoms with E-state index in [0.29, 0.717) is 41.2 Å². The second kappa shape index (κ2) is 8.15. The Labute approximate surface area is 173 Å². The van der Waals surface area contributed by atoms with Crippen molar-refractivity contribution in [3.8, 4) is 22.9 Å². The molecule has 0 unspecified atom stereocenters. The Balaban J connectivity index is 2.02. The van der Waals surface area contributed by atoms with E-state index in [4.69, 9.17) is 9.84 Å². The number of nitriles is 1. The maximum Gasteiger partial charge on any atom is 0.332 e. The van der Waals surface area contributed by atoms with E-state index in [1.54, 1.807) is 30.3 Å². The smallest absolute Gasteiger partial charge is 0.332 e. The summed E-state index contributed by atoms with van der Waals surface area (Å²) in [4.78, 5) is 11.0. The molecule has 156 valence electrons. The van der Waals surface area contributed by atoms with Crippen molar-refractivity contribution in [2.75, 3.05) is 18.5 Å². The zero-order valence-corrected chi connectivity index (χ0v) is 16.8. The lowest BCUT2D eigenvalue weighted by molar-refractivity contribution is -0.132. The third kappa shape index (κ3) is 4.13. The minimum atomic E-state index is -2.83. The summed E-state index contributed by atoms with van der Waals surface area (Å²) in [5.41, 5.74) is 3.60. The van der Waals surface area contributed by atoms with E-state index < -0.39 is 17.8 Å². The molecule has 0 saturated carbocycles. The monoisotopic (exact) mass is 412 g/mol. The molecule has 1 aliphatic heterocycles. The van der Waals surface area contributed by atoms with Crippen LogP contribution in [0.2, 0.25) is 0 Å². The third-order valence-corrected chi connectivity index (χ3v) is 5.37. The molecule has 1 aliphatic rings. The van der Waals surface area contributed by atoms with Crippen molar-refractivity contribution in [1.82, 2.24) is 0 Å². The van der Waals surface area contributed by atoms with E-state index in [1.165, 1.54) is 6.92 Å². The van der Waals surface area contributed by atoms with Gasteiger partial charge in [-0.15, -0.1) is 0 Å². The molecule has 0 amide bonds. The predicted octanol–water partition coefficient (Wildman–Crippen LogP) is 4.97. The molecule has 0 aromatic heterocycles. The van der Waals surface area contributed by atoms with E-state index in [-0.39, 0.29) is 12.1 Å². The average Bonchev–Trinajstić information content (AvgIpc) is 3.19. The number of hydrogen-bond donors (Lipinski definition) is 2. The molecule has 1 heterocycles. The zero-order valence-electron chi connectivity index (χ0n) is 16.8. The van der Waals surface area contributed by atoms with Crippen LogP contribution in [0, 0.1) is 11.3 Å². The second-order valence-corrected chi connectivity index (χ2v) is 7.43. The van der Waals surface area contributed by atoms with Crippen molar-refractivity contribution in [1.29, 1.82) is 5.26 Å². The second-order valence-electron chi connectivity index (χ2n) is 7.43. The van der Waals surface area contributed by atoms with Gasteiger partial charge >= 0.3 is 5.97 Å². The van der Waals surface area contributed by atoms with Gasteiger partial charge in [-0.3, -0.25) is 0 Å². The lowest BCUT2D eigenvalue weighted by atomic mass is 9.91. The third-order valence-electron chi connectivity index (χ3n) is 5.37. The van der Waals surface area contributed by atoms with Gasteiger partial charge in [-0.1, -0.05) is 37.8 Å². The molecule has 0 spiro atoms. The minimum Gasteiger partial charge on any atom is -0.492 e. The number of carbonyl (C=O) groups is 1. The van der Waals surface area contributed by atoms with Gasteiger partial charge in [0.05, 0.1) is 17.9 Å². The molecule has 2 aromatic carbocycles. The summed E-state index contributed by atoms with van der Waals surface area (Å²) in [6.07, 6.45) is 0.553. The normalized spacial score (nSPS) is 13.7. The molecule has 30 heavy (non-hydrogen) atoms. The molecule has 3 rings (SSSR count). The van der Waals surface area contributed by atoms with Crippen LogP contribution in [0.15, 0.2) is 42.5 Å². The summed E-state index contributed by atoms with van der Waals surface area (Å²) in [6, 6.07) is 10.7. The van der Waals surface area contributed by atoms with Gasteiger partial charge in [0.15, 0.2) is 0 Å². The first-order chi connectivity index (χ1) is 14.1. The molecular formula is C23H22F2N2O3. The molecule has 7 heteroatoms. The quantitative estimate of drug-likeness (QED) is 0.628. The van der Waals surface area contributed by atoms with Crippen LogP contribution in [0.25, 0.3) is 11.1 Å². The number of carboxylic acids is 1. The number of hydrogen-bond acceptors (Lipinski definition) is 4. The highest BCUT2D eigenvalue weighted by Gasteiger charge is 2.31. The number of rotatable bonds is 7. The molecular weight excluding hydrogens is 390 g/mol. The number of halogens is 2. The number of nitrogens with zero attached hydrogens (tertiary/aromatic N) is 1. The number of carboxylic acid groups (broad SMARTS) is 1. The number of aliphatic carboxylic acids is 1. The number of ether oxygens (including phenoxy) is 1. The largest absolute Gasteiger partial charge is 0.492 e. The number of alkyl halides is 2. The van der Waals surface area contributed by atoms with Gasteiger partial charge in [0, 0.05) is 35.6 Å². The molecule has 0 saturated heterocycles. The summed E-state index contributed by atoms with van der Waals surface area (Å²) in [5, 5.41) is 21.6. The van der Waals surface area contributed by atoms with Crippen LogP contribution >= 0.6 is 0 Å². The van der Waals surface area contributed by atoms with Gasteiger partial charge in [-0.2, -0.15) is 5.26 Å². The zero-order chi connectivity index (χ0) is 22.1. The first-order valence-corrected chi connectivity index (χ1v) is 9.49. The van der Waals surface area contributed by atoms with E-state index >= 15 is 0 Å². The van der Waals surface area contributed by atoms with Crippen molar-refractivity contribution in [3.63, 3.8) is 0 Å². The standard InChI is InChI=1S/C23H22F2N2O3/c1-13(22(28)29)12-27-20-10-18(21-17(8-9-30-21)19(20)11-26)16-6-4-15(5-7-16)14(2)23(3,24)25/h4-7,10,14,27H,1,8-9,12H2,2-3H3,(H,28,29)/t14-/m1/s1. The molecule has 1 atom stereocenters. The molecule has 5 nitrogen and oxygen atoms in total. The van der Waals surface area contributed by atoms with Crippen LogP contribution in [0.1, 0.15) is 36.5 Å². The van der Waals surface area contributed by atoms with Gasteiger partial charge < -0.3 is 15.2 Å². The van der Waals surface area contributed by atoms with Gasteiger partial charge in [0.1, 0.15) is 11.8 Å². The summed E-state index contributed by atoms with van der Waals surface area (Å²) in [7, 11) is 0. The maximum atomic E-state index is 13.6. The van der Waals surface area contributed by atoms with E-state index in [9.17, 15) is 18.8 Å². The predicted molar refractivity (Wildman–Crippen MR) is 110 cm³/mol. The molecule has 0 fully saturated rings. The fourth-order valence-corrected chi connectivity index (χ4v) is 3.38. The highest BCUT2D eigenvalue weighted by molar-refractivity contribution is 5.87. The first-order valence-electron chi connectivity index (χ1n) is 9.49. The van der Waals surface area contributed by atoms with Crippen molar-refractivity contribution >= 4 is 11.7 Å². The van der Waals surface area contributed by atoms with E-state index in [1.807, 2.05) is 0 Å². The van der Waals surface area contributed by atoms with Crippen molar-refractivity contribution < 1.29 is 23.4 Å². The lowest BCUT2D eigenvalue weighted by Crippen LogP contribution is -2.19. The highest BCUT2D eigenvalue weighted by atomic mass is 19.3. The number of nitrogens with one attached hydrogen (secondary N) is 1. The lowest BCUT2D eigenvalue weighted by Gasteiger charge is -2.20. The van der Waals surface area contributed by atoms with Crippen LogP contribution in [-0.2, 0) is 11.2 Å². The highest BCUT2D eigenvalue weighted by Crippen LogP contribution is 2.43. The van der Waals surface area contributed by atoms with E-state index in [0.717, 1.165) is 18.1 Å². The topological polar surface area (TPSA) is 82.3 Å². The Morgan fingerprint density at radius 2 is 2.07 bits per heavy atom. The summed E-state index contributed by atoms with van der Waals surface area (Å²) in [5.74, 6) is -4.28. The Kier molecular flexibility index (Phi) is 5.79.